The van der Waals surface area contributed by atoms with E-state index in [9.17, 15) is 13.2 Å². The number of aryl methyl sites for hydroxylation is 1. The lowest BCUT2D eigenvalue weighted by Crippen LogP contribution is -2.46. The van der Waals surface area contributed by atoms with Crippen molar-refractivity contribution in [3.63, 3.8) is 0 Å². The Kier molecular flexibility index (Phi) is 7.50. The number of anilines is 1. The summed E-state index contributed by atoms with van der Waals surface area (Å²) >= 11 is 0. The van der Waals surface area contributed by atoms with Gasteiger partial charge in [0.2, 0.25) is 0 Å². The maximum absolute atomic E-state index is 13.1. The number of nitrogens with zero attached hydrogens (tertiary/aromatic N) is 6. The van der Waals surface area contributed by atoms with E-state index in [4.69, 9.17) is 0 Å². The fourth-order valence-corrected chi connectivity index (χ4v) is 4.91. The van der Waals surface area contributed by atoms with Gasteiger partial charge < -0.3 is 4.90 Å². The average Bonchev–Trinajstić information content (AvgIpc) is 3.38. The summed E-state index contributed by atoms with van der Waals surface area (Å²) in [6.45, 7) is 4.55. The molecule has 0 spiro atoms. The fraction of sp³-hybridized carbons (Fsp3) is 0.321. The maximum Gasteiger partial charge on any atom is 0.416 e. The van der Waals surface area contributed by atoms with Crippen molar-refractivity contribution in [2.75, 3.05) is 37.6 Å². The van der Waals surface area contributed by atoms with Gasteiger partial charge in [-0.1, -0.05) is 66.7 Å². The van der Waals surface area contributed by atoms with E-state index in [1.165, 1.54) is 12.1 Å². The number of benzene rings is 3. The van der Waals surface area contributed by atoms with Crippen LogP contribution in [0, 0.1) is 0 Å². The number of rotatable bonds is 8. The molecule has 0 bridgehead atoms. The highest BCUT2D eigenvalue weighted by molar-refractivity contribution is 5.49. The number of piperazine rings is 1. The number of hydrogen-bond acceptors (Lipinski definition) is 5. The highest BCUT2D eigenvalue weighted by Crippen LogP contribution is 2.32. The molecule has 1 aliphatic rings. The Bertz CT molecular complexity index is 1230. The third-order valence-electron chi connectivity index (χ3n) is 6.84. The number of hydrogen-bond donors (Lipinski definition) is 0. The molecule has 1 aliphatic heterocycles. The molecule has 6 nitrogen and oxygen atoms in total. The third-order valence-corrected chi connectivity index (χ3v) is 6.84. The molecule has 0 atom stereocenters. The second-order valence-corrected chi connectivity index (χ2v) is 9.24. The van der Waals surface area contributed by atoms with E-state index < -0.39 is 11.7 Å². The molecular weight excluding hydrogens is 477 g/mol. The number of tetrazole rings is 1. The maximum atomic E-state index is 13.1. The minimum absolute atomic E-state index is 0.0617. The first kappa shape index (κ1) is 25.0. The first-order valence-electron chi connectivity index (χ1n) is 12.5. The van der Waals surface area contributed by atoms with Crippen LogP contribution in [-0.2, 0) is 12.7 Å². The molecule has 192 valence electrons. The van der Waals surface area contributed by atoms with Gasteiger partial charge in [0.1, 0.15) is 0 Å². The van der Waals surface area contributed by atoms with Crippen molar-refractivity contribution in [3.8, 4) is 0 Å². The smallest absolute Gasteiger partial charge is 0.369 e. The molecule has 1 fully saturated rings. The predicted molar refractivity (Wildman–Crippen MR) is 136 cm³/mol. The second kappa shape index (κ2) is 11.1. The van der Waals surface area contributed by atoms with Gasteiger partial charge in [0.15, 0.2) is 5.82 Å². The van der Waals surface area contributed by atoms with Crippen LogP contribution in [0.25, 0.3) is 0 Å². The lowest BCUT2D eigenvalue weighted by atomic mass is 9.90. The Morgan fingerprint density at radius 1 is 0.757 bits per heavy atom. The molecule has 0 unspecified atom stereocenters. The van der Waals surface area contributed by atoms with Crippen LogP contribution in [-0.4, -0.2) is 57.8 Å². The SMILES string of the molecule is FC(F)(F)c1cccc(N2CCN(CCCn3nnnc3C(c3ccccc3)c3ccccc3)CC2)c1. The van der Waals surface area contributed by atoms with Gasteiger partial charge >= 0.3 is 6.18 Å². The monoisotopic (exact) mass is 506 g/mol. The van der Waals surface area contributed by atoms with E-state index in [-0.39, 0.29) is 5.92 Å². The van der Waals surface area contributed by atoms with Crippen molar-refractivity contribution in [1.82, 2.24) is 25.1 Å². The van der Waals surface area contributed by atoms with Crippen LogP contribution in [0.4, 0.5) is 18.9 Å². The molecule has 1 saturated heterocycles. The molecule has 9 heteroatoms. The van der Waals surface area contributed by atoms with Crippen LogP contribution in [0.3, 0.4) is 0 Å². The van der Waals surface area contributed by atoms with Gasteiger partial charge in [-0.25, -0.2) is 4.68 Å². The molecule has 0 amide bonds. The molecule has 5 rings (SSSR count). The molecule has 0 radical (unpaired) electrons. The van der Waals surface area contributed by atoms with Crippen LogP contribution in [0.15, 0.2) is 84.9 Å². The zero-order valence-corrected chi connectivity index (χ0v) is 20.4. The van der Waals surface area contributed by atoms with Gasteiger partial charge in [0, 0.05) is 45.0 Å². The lowest BCUT2D eigenvalue weighted by Gasteiger charge is -2.36. The van der Waals surface area contributed by atoms with Crippen molar-refractivity contribution in [2.45, 2.75) is 25.1 Å². The lowest BCUT2D eigenvalue weighted by molar-refractivity contribution is -0.137. The zero-order valence-electron chi connectivity index (χ0n) is 20.4. The number of aromatic nitrogens is 4. The minimum atomic E-state index is -4.33. The largest absolute Gasteiger partial charge is 0.416 e. The van der Waals surface area contributed by atoms with E-state index in [1.807, 2.05) is 46.0 Å². The molecule has 37 heavy (non-hydrogen) atoms. The summed E-state index contributed by atoms with van der Waals surface area (Å²) in [6.07, 6.45) is -3.45. The molecule has 3 aromatic carbocycles. The van der Waals surface area contributed by atoms with Crippen LogP contribution in [0.5, 0.6) is 0 Å². The van der Waals surface area contributed by atoms with E-state index in [0.29, 0.717) is 25.3 Å². The topological polar surface area (TPSA) is 50.1 Å². The summed E-state index contributed by atoms with van der Waals surface area (Å²) in [6, 6.07) is 26.1. The molecular formula is C28H29F3N6. The van der Waals surface area contributed by atoms with Crippen LogP contribution in [0.1, 0.15) is 34.9 Å². The van der Waals surface area contributed by atoms with Gasteiger partial charge in [-0.2, -0.15) is 13.2 Å². The van der Waals surface area contributed by atoms with Crippen molar-refractivity contribution < 1.29 is 13.2 Å². The van der Waals surface area contributed by atoms with E-state index in [0.717, 1.165) is 49.1 Å². The summed E-state index contributed by atoms with van der Waals surface area (Å²) in [4.78, 5) is 4.37. The number of halogens is 3. The summed E-state index contributed by atoms with van der Waals surface area (Å²) in [5.74, 6) is 0.750. The Balaban J connectivity index is 1.19. The van der Waals surface area contributed by atoms with Crippen LogP contribution < -0.4 is 4.90 Å². The summed E-state index contributed by atoms with van der Waals surface area (Å²) < 4.78 is 41.1. The Morgan fingerprint density at radius 3 is 2.03 bits per heavy atom. The highest BCUT2D eigenvalue weighted by Gasteiger charge is 2.31. The van der Waals surface area contributed by atoms with Gasteiger partial charge in [0.05, 0.1) is 11.5 Å². The van der Waals surface area contributed by atoms with E-state index in [2.05, 4.69) is 44.7 Å². The van der Waals surface area contributed by atoms with Crippen molar-refractivity contribution in [2.24, 2.45) is 0 Å². The Labute approximate surface area is 214 Å². The molecule has 0 N–H and O–H groups in total. The average molecular weight is 507 g/mol. The molecule has 0 saturated carbocycles. The van der Waals surface area contributed by atoms with E-state index in [1.54, 1.807) is 6.07 Å². The summed E-state index contributed by atoms with van der Waals surface area (Å²) in [5, 5.41) is 12.7. The first-order chi connectivity index (χ1) is 18.0. The van der Waals surface area contributed by atoms with Crippen LogP contribution >= 0.6 is 0 Å². The van der Waals surface area contributed by atoms with Gasteiger partial charge in [0.25, 0.3) is 0 Å². The fourth-order valence-electron chi connectivity index (χ4n) is 4.91. The van der Waals surface area contributed by atoms with Gasteiger partial charge in [-0.05, 0) is 46.2 Å². The molecule has 1 aromatic heterocycles. The first-order valence-corrected chi connectivity index (χ1v) is 12.5. The molecule has 2 heterocycles. The summed E-state index contributed by atoms with van der Waals surface area (Å²) in [7, 11) is 0. The van der Waals surface area contributed by atoms with E-state index >= 15 is 0 Å². The second-order valence-electron chi connectivity index (χ2n) is 9.24. The van der Waals surface area contributed by atoms with Crippen molar-refractivity contribution in [1.29, 1.82) is 0 Å². The Hall–Kier alpha value is -3.72. The Morgan fingerprint density at radius 2 is 1.41 bits per heavy atom. The standard InChI is InChI=1S/C28H29F3N6/c29-28(30,31)24-13-7-14-25(21-24)36-19-17-35(18-20-36)15-8-16-37-27(32-33-34-37)26(22-9-3-1-4-10-22)23-11-5-2-6-12-23/h1-7,9-14,21,26H,8,15-20H2. The molecule has 0 aliphatic carbocycles. The predicted octanol–water partition coefficient (Wildman–Crippen LogP) is 5.08. The number of alkyl halides is 3. The van der Waals surface area contributed by atoms with Crippen molar-refractivity contribution in [3.05, 3.63) is 107 Å². The quantitative estimate of drug-likeness (QED) is 0.334. The van der Waals surface area contributed by atoms with Gasteiger partial charge in [-0.3, -0.25) is 4.90 Å². The molecule has 4 aromatic rings. The van der Waals surface area contributed by atoms with Crippen molar-refractivity contribution >= 4 is 5.69 Å². The highest BCUT2D eigenvalue weighted by atomic mass is 19.4. The summed E-state index contributed by atoms with van der Waals surface area (Å²) in [5.41, 5.74) is 2.29. The van der Waals surface area contributed by atoms with Crippen LogP contribution in [0.2, 0.25) is 0 Å². The zero-order chi connectivity index (χ0) is 25.7. The third kappa shape index (κ3) is 5.99. The minimum Gasteiger partial charge on any atom is -0.369 e. The van der Waals surface area contributed by atoms with Gasteiger partial charge in [-0.15, -0.1) is 5.10 Å². The normalized spacial score (nSPS) is 14.9.